The quantitative estimate of drug-likeness (QED) is 0.399. The molecule has 0 aromatic heterocycles. The lowest BCUT2D eigenvalue weighted by Crippen LogP contribution is -2.39. The molecule has 0 fully saturated rings. The molecule has 30 heavy (non-hydrogen) atoms. The van der Waals surface area contributed by atoms with E-state index in [1.165, 1.54) is 24.1 Å². The molecule has 1 aromatic carbocycles. The molecule has 0 aliphatic heterocycles. The number of hydrogen-bond acceptors (Lipinski definition) is 6. The van der Waals surface area contributed by atoms with Gasteiger partial charge in [0.15, 0.2) is 0 Å². The highest BCUT2D eigenvalue weighted by Crippen LogP contribution is 2.27. The normalized spacial score (nSPS) is 13.5. The molecule has 1 amide bonds. The minimum Gasteiger partial charge on any atom is -0.448 e. The van der Waals surface area contributed by atoms with Crippen LogP contribution in [-0.2, 0) is 25.9 Å². The molecule has 13 heteroatoms. The summed E-state index contributed by atoms with van der Waals surface area (Å²) in [6.07, 6.45) is -8.58. The van der Waals surface area contributed by atoms with Crippen LogP contribution >= 0.6 is 0 Å². The monoisotopic (exact) mass is 453 g/mol. The maximum absolute atomic E-state index is 13.0. The van der Waals surface area contributed by atoms with Crippen molar-refractivity contribution in [1.29, 1.82) is 0 Å². The molecule has 0 radical (unpaired) electrons. The van der Waals surface area contributed by atoms with Crippen LogP contribution in [0.4, 0.5) is 23.7 Å². The van der Waals surface area contributed by atoms with Gasteiger partial charge in [0.25, 0.3) is 10.1 Å². The van der Waals surface area contributed by atoms with Gasteiger partial charge in [0.1, 0.15) is 19.2 Å². The number of hydrogen-bond donors (Lipinski definition) is 1. The number of nitrogens with zero attached hydrogens (tertiary/aromatic N) is 1. The van der Waals surface area contributed by atoms with Crippen LogP contribution in [0.3, 0.4) is 0 Å². The number of carbonyl (C=O) groups is 2. The highest BCUT2D eigenvalue weighted by molar-refractivity contribution is 7.85. The summed E-state index contributed by atoms with van der Waals surface area (Å²) in [5, 5.41) is 0. The van der Waals surface area contributed by atoms with E-state index in [9.17, 15) is 31.2 Å². The van der Waals surface area contributed by atoms with Gasteiger partial charge in [0.2, 0.25) is 6.10 Å². The van der Waals surface area contributed by atoms with Crippen molar-refractivity contribution in [2.75, 3.05) is 17.7 Å². The van der Waals surface area contributed by atoms with Crippen molar-refractivity contribution in [2.45, 2.75) is 45.0 Å². The molecule has 1 N–H and O–H groups in total. The van der Waals surface area contributed by atoms with E-state index in [0.717, 1.165) is 6.07 Å². The number of alkyl halides is 3. The van der Waals surface area contributed by atoms with Gasteiger partial charge < -0.3 is 9.47 Å². The van der Waals surface area contributed by atoms with Gasteiger partial charge in [-0.25, -0.2) is 9.59 Å². The molecule has 0 saturated heterocycles. The zero-order chi connectivity index (χ0) is 23.5. The van der Waals surface area contributed by atoms with Gasteiger partial charge in [0.05, 0.1) is 5.56 Å². The van der Waals surface area contributed by atoms with Crippen molar-refractivity contribution in [3.05, 3.63) is 29.3 Å². The number of halogens is 3. The third-order valence-electron chi connectivity index (χ3n) is 3.70. The minimum absolute atomic E-state index is 0.280. The Kier molecular flexibility index (Phi) is 7.94. The molecule has 1 rings (SSSR count). The highest BCUT2D eigenvalue weighted by Gasteiger charge is 2.45. The van der Waals surface area contributed by atoms with Gasteiger partial charge in [0, 0.05) is 12.7 Å². The summed E-state index contributed by atoms with van der Waals surface area (Å²) in [7, 11) is -1.91. The summed E-state index contributed by atoms with van der Waals surface area (Å²) < 4.78 is 78.7. The van der Waals surface area contributed by atoms with Crippen molar-refractivity contribution in [1.82, 2.24) is 0 Å². The Morgan fingerprint density at radius 3 is 2.23 bits per heavy atom. The fourth-order valence-electron chi connectivity index (χ4n) is 2.34. The Morgan fingerprint density at radius 2 is 1.80 bits per heavy atom. The van der Waals surface area contributed by atoms with Crippen LogP contribution in [0.5, 0.6) is 0 Å². The summed E-state index contributed by atoms with van der Waals surface area (Å²) in [6.45, 7) is 5.05. The average molecular weight is 453 g/mol. The van der Waals surface area contributed by atoms with Crippen LogP contribution < -0.4 is 4.90 Å². The summed E-state index contributed by atoms with van der Waals surface area (Å²) in [6, 6.07) is 3.71. The van der Waals surface area contributed by atoms with Gasteiger partial charge in [-0.1, -0.05) is 6.32 Å². The maximum Gasteiger partial charge on any atom is 0.426 e. The fourth-order valence-corrected chi connectivity index (χ4v) is 2.98. The number of rotatable bonds is 6. The summed E-state index contributed by atoms with van der Waals surface area (Å²) in [4.78, 5) is 25.6. The van der Waals surface area contributed by atoms with Crippen molar-refractivity contribution in [3.63, 3.8) is 0 Å². The highest BCUT2D eigenvalue weighted by atomic mass is 32.2. The summed E-state index contributed by atoms with van der Waals surface area (Å²) in [5.41, 5.74) is -0.219. The molecule has 1 aromatic rings. The number of anilines is 1. The van der Waals surface area contributed by atoms with E-state index < -0.39 is 45.8 Å². The van der Waals surface area contributed by atoms with Crippen LogP contribution in [-0.4, -0.2) is 63.6 Å². The molecule has 0 bridgehead atoms. The first-order valence-corrected chi connectivity index (χ1v) is 10.4. The van der Waals surface area contributed by atoms with E-state index in [2.05, 4.69) is 4.74 Å². The lowest BCUT2D eigenvalue weighted by atomic mass is 9.93. The second-order valence-electron chi connectivity index (χ2n) is 7.42. The molecule has 8 nitrogen and oxygen atoms in total. The molecule has 0 spiro atoms. The molecular formula is C17H23BF3NO7S. The Morgan fingerprint density at radius 1 is 1.23 bits per heavy atom. The van der Waals surface area contributed by atoms with Gasteiger partial charge in [-0.3, -0.25) is 9.45 Å². The lowest BCUT2D eigenvalue weighted by Gasteiger charge is -2.26. The van der Waals surface area contributed by atoms with Gasteiger partial charge in [-0.2, -0.15) is 21.6 Å². The standard InChI is InChI=1S/C17H23BF3NO7S/c1-16(2,3)29-15(24)22(4)12-6-5-10(7-11(12)8-18)14(23)28-13(17(19,20)21)9-30(25,26)27/h5-7,13H,8-9,18H2,1-4H3,(H,25,26,27). The van der Waals surface area contributed by atoms with Crippen LogP contribution in [0, 0.1) is 0 Å². The zero-order valence-electron chi connectivity index (χ0n) is 17.1. The summed E-state index contributed by atoms with van der Waals surface area (Å²) in [5.74, 6) is -3.25. The first kappa shape index (κ1) is 25.8. The summed E-state index contributed by atoms with van der Waals surface area (Å²) >= 11 is 0. The number of carbonyl (C=O) groups excluding carboxylic acids is 2. The zero-order valence-corrected chi connectivity index (χ0v) is 17.9. The molecule has 1 unspecified atom stereocenters. The predicted molar refractivity (Wildman–Crippen MR) is 105 cm³/mol. The van der Waals surface area contributed by atoms with Crippen molar-refractivity contribution >= 4 is 35.7 Å². The molecular weight excluding hydrogens is 430 g/mol. The van der Waals surface area contributed by atoms with Crippen molar-refractivity contribution in [2.24, 2.45) is 0 Å². The minimum atomic E-state index is -5.20. The van der Waals surface area contributed by atoms with Crippen molar-refractivity contribution < 1.29 is 45.2 Å². The number of amides is 1. The molecule has 0 saturated carbocycles. The van der Waals surface area contributed by atoms with E-state index in [1.807, 2.05) is 0 Å². The fraction of sp³-hybridized carbons (Fsp3) is 0.529. The van der Waals surface area contributed by atoms with E-state index in [4.69, 9.17) is 9.29 Å². The number of benzene rings is 1. The topological polar surface area (TPSA) is 110 Å². The Balaban J connectivity index is 3.14. The van der Waals surface area contributed by atoms with Crippen molar-refractivity contribution in [3.8, 4) is 0 Å². The average Bonchev–Trinajstić information content (AvgIpc) is 2.56. The first-order chi connectivity index (χ1) is 13.4. The second-order valence-corrected chi connectivity index (χ2v) is 8.92. The van der Waals surface area contributed by atoms with Crippen LogP contribution in [0.15, 0.2) is 18.2 Å². The number of esters is 1. The first-order valence-electron chi connectivity index (χ1n) is 8.77. The smallest absolute Gasteiger partial charge is 0.426 e. The predicted octanol–water partition coefficient (Wildman–Crippen LogP) is 2.17. The molecule has 0 aliphatic carbocycles. The second kappa shape index (κ2) is 9.25. The third kappa shape index (κ3) is 7.86. The Labute approximate surface area is 173 Å². The van der Waals surface area contributed by atoms with E-state index >= 15 is 0 Å². The third-order valence-corrected chi connectivity index (χ3v) is 4.43. The van der Waals surface area contributed by atoms with E-state index in [0.29, 0.717) is 17.6 Å². The van der Waals surface area contributed by atoms with Gasteiger partial charge in [-0.05, 0) is 44.5 Å². The SMILES string of the molecule is BCc1cc(C(=O)OC(CS(=O)(=O)O)C(F)(F)F)ccc1N(C)C(=O)OC(C)(C)C. The Hall–Kier alpha value is -2.28. The van der Waals surface area contributed by atoms with Crippen LogP contribution in [0.25, 0.3) is 0 Å². The molecule has 168 valence electrons. The molecule has 0 heterocycles. The van der Waals surface area contributed by atoms with Gasteiger partial charge >= 0.3 is 18.2 Å². The van der Waals surface area contributed by atoms with Gasteiger partial charge in [-0.15, -0.1) is 0 Å². The van der Waals surface area contributed by atoms with E-state index in [-0.39, 0.29) is 5.56 Å². The molecule has 1 atom stereocenters. The Bertz CT molecular complexity index is 898. The maximum atomic E-state index is 13.0. The van der Waals surface area contributed by atoms with Crippen LogP contribution in [0.1, 0.15) is 36.7 Å². The molecule has 0 aliphatic rings. The van der Waals surface area contributed by atoms with Crippen LogP contribution in [0.2, 0.25) is 0 Å². The largest absolute Gasteiger partial charge is 0.448 e. The number of ether oxygens (including phenoxy) is 2. The lowest BCUT2D eigenvalue weighted by molar-refractivity contribution is -0.197. The van der Waals surface area contributed by atoms with E-state index in [1.54, 1.807) is 28.6 Å².